The summed E-state index contributed by atoms with van der Waals surface area (Å²) in [5, 5.41) is 3.87. The van der Waals surface area contributed by atoms with Crippen molar-refractivity contribution in [1.82, 2.24) is 4.98 Å². The minimum absolute atomic E-state index is 0.164. The Labute approximate surface area is 162 Å². The molecule has 0 radical (unpaired) electrons. The molecule has 0 saturated heterocycles. The number of nitrogens with one attached hydrogen (secondary N) is 2. The lowest BCUT2D eigenvalue weighted by atomic mass is 10.0. The molecule has 3 aromatic carbocycles. The molecule has 0 spiro atoms. The number of ether oxygens (including phenoxy) is 2. The number of aromatic amines is 1. The predicted octanol–water partition coefficient (Wildman–Crippen LogP) is 5.10. The molecule has 1 aromatic heterocycles. The molecule has 0 aliphatic heterocycles. The Balaban J connectivity index is 1.65. The molecule has 0 bridgehead atoms. The minimum Gasteiger partial charge on any atom is -0.497 e. The standard InChI is InChI=1S/C23H20N2O3/c1-27-17-10-7-15(8-11-17)19-13-16(9-12-22(19)28-2)25-23(26)20-14-24-21-6-4-3-5-18(20)21/h3-14,24H,1-2H3,(H,25,26). The molecular formula is C23H20N2O3. The summed E-state index contributed by atoms with van der Waals surface area (Å²) in [4.78, 5) is 15.9. The Bertz CT molecular complexity index is 1130. The highest BCUT2D eigenvalue weighted by atomic mass is 16.5. The first kappa shape index (κ1) is 17.7. The zero-order chi connectivity index (χ0) is 19.5. The average Bonchev–Trinajstić information content (AvgIpc) is 3.18. The molecule has 5 nitrogen and oxygen atoms in total. The topological polar surface area (TPSA) is 63.3 Å². The molecule has 0 aliphatic carbocycles. The van der Waals surface area contributed by atoms with E-state index in [-0.39, 0.29) is 5.91 Å². The molecule has 4 aromatic rings. The van der Waals surface area contributed by atoms with E-state index < -0.39 is 0 Å². The molecule has 4 rings (SSSR count). The quantitative estimate of drug-likeness (QED) is 0.512. The molecule has 0 atom stereocenters. The molecule has 0 fully saturated rings. The van der Waals surface area contributed by atoms with Gasteiger partial charge in [-0.2, -0.15) is 0 Å². The van der Waals surface area contributed by atoms with E-state index in [1.165, 1.54) is 0 Å². The van der Waals surface area contributed by atoms with E-state index in [0.717, 1.165) is 33.5 Å². The van der Waals surface area contributed by atoms with Crippen LogP contribution in [-0.2, 0) is 0 Å². The summed E-state index contributed by atoms with van der Waals surface area (Å²) >= 11 is 0. The third-order valence-electron chi connectivity index (χ3n) is 4.69. The van der Waals surface area contributed by atoms with Crippen molar-refractivity contribution in [2.45, 2.75) is 0 Å². The van der Waals surface area contributed by atoms with Gasteiger partial charge in [0.2, 0.25) is 0 Å². The maximum atomic E-state index is 12.8. The Morgan fingerprint density at radius 1 is 0.929 bits per heavy atom. The highest BCUT2D eigenvalue weighted by Gasteiger charge is 2.14. The number of anilines is 1. The number of methoxy groups -OCH3 is 2. The van der Waals surface area contributed by atoms with E-state index in [2.05, 4.69) is 10.3 Å². The molecule has 28 heavy (non-hydrogen) atoms. The van der Waals surface area contributed by atoms with Gasteiger partial charge >= 0.3 is 0 Å². The molecule has 5 heteroatoms. The number of benzene rings is 3. The molecule has 140 valence electrons. The van der Waals surface area contributed by atoms with Crippen molar-refractivity contribution in [3.8, 4) is 22.6 Å². The van der Waals surface area contributed by atoms with Crippen molar-refractivity contribution < 1.29 is 14.3 Å². The van der Waals surface area contributed by atoms with Crippen LogP contribution >= 0.6 is 0 Å². The van der Waals surface area contributed by atoms with Crippen LogP contribution in [0.4, 0.5) is 5.69 Å². The molecule has 1 amide bonds. The number of rotatable bonds is 5. The SMILES string of the molecule is COc1ccc(-c2cc(NC(=O)c3c[nH]c4ccccc34)ccc2OC)cc1. The van der Waals surface area contributed by atoms with Gasteiger partial charge in [-0.15, -0.1) is 0 Å². The van der Waals surface area contributed by atoms with Crippen molar-refractivity contribution in [3.05, 3.63) is 78.5 Å². The molecule has 0 aliphatic rings. The highest BCUT2D eigenvalue weighted by Crippen LogP contribution is 2.33. The number of hydrogen-bond acceptors (Lipinski definition) is 3. The number of hydrogen-bond donors (Lipinski definition) is 2. The number of para-hydroxylation sites is 1. The van der Waals surface area contributed by atoms with Gasteiger partial charge in [0, 0.05) is 28.4 Å². The minimum atomic E-state index is -0.164. The lowest BCUT2D eigenvalue weighted by molar-refractivity contribution is 0.102. The van der Waals surface area contributed by atoms with Crippen LogP contribution in [0.3, 0.4) is 0 Å². The Hall–Kier alpha value is -3.73. The van der Waals surface area contributed by atoms with Gasteiger partial charge in [0.15, 0.2) is 0 Å². The van der Waals surface area contributed by atoms with E-state index in [1.54, 1.807) is 20.4 Å². The lowest BCUT2D eigenvalue weighted by Crippen LogP contribution is -2.11. The summed E-state index contributed by atoms with van der Waals surface area (Å²) in [6, 6.07) is 21.0. The number of H-pyrrole nitrogens is 1. The van der Waals surface area contributed by atoms with Crippen molar-refractivity contribution in [1.29, 1.82) is 0 Å². The monoisotopic (exact) mass is 372 g/mol. The Morgan fingerprint density at radius 2 is 1.71 bits per heavy atom. The van der Waals surface area contributed by atoms with Gasteiger partial charge in [0.05, 0.1) is 19.8 Å². The number of amides is 1. The smallest absolute Gasteiger partial charge is 0.257 e. The first-order valence-electron chi connectivity index (χ1n) is 8.89. The van der Waals surface area contributed by atoms with Crippen LogP contribution in [0.2, 0.25) is 0 Å². The number of carbonyl (C=O) groups excluding carboxylic acids is 1. The molecular weight excluding hydrogens is 352 g/mol. The summed E-state index contributed by atoms with van der Waals surface area (Å²) in [6.45, 7) is 0. The Kier molecular flexibility index (Phi) is 4.72. The Morgan fingerprint density at radius 3 is 2.46 bits per heavy atom. The first-order chi connectivity index (χ1) is 13.7. The summed E-state index contributed by atoms with van der Waals surface area (Å²) in [5.41, 5.74) is 4.10. The van der Waals surface area contributed by atoms with Gasteiger partial charge in [-0.25, -0.2) is 0 Å². The third kappa shape index (κ3) is 3.30. The summed E-state index contributed by atoms with van der Waals surface area (Å²) in [5.74, 6) is 1.35. The van der Waals surface area contributed by atoms with E-state index in [4.69, 9.17) is 9.47 Å². The van der Waals surface area contributed by atoms with Crippen LogP contribution < -0.4 is 14.8 Å². The van der Waals surface area contributed by atoms with E-state index in [1.807, 2.05) is 66.7 Å². The van der Waals surface area contributed by atoms with Crippen LogP contribution in [0.15, 0.2) is 72.9 Å². The zero-order valence-electron chi connectivity index (χ0n) is 15.7. The number of carbonyl (C=O) groups is 1. The second-order valence-corrected chi connectivity index (χ2v) is 6.35. The highest BCUT2D eigenvalue weighted by molar-refractivity contribution is 6.12. The molecule has 2 N–H and O–H groups in total. The fraction of sp³-hybridized carbons (Fsp3) is 0.0870. The van der Waals surface area contributed by atoms with Crippen LogP contribution in [0.1, 0.15) is 10.4 Å². The van der Waals surface area contributed by atoms with Crippen molar-refractivity contribution in [2.75, 3.05) is 19.5 Å². The van der Waals surface area contributed by atoms with Crippen LogP contribution in [0, 0.1) is 0 Å². The van der Waals surface area contributed by atoms with Crippen LogP contribution in [-0.4, -0.2) is 25.1 Å². The summed E-state index contributed by atoms with van der Waals surface area (Å²) < 4.78 is 10.7. The maximum absolute atomic E-state index is 12.8. The van der Waals surface area contributed by atoms with Gasteiger partial charge in [-0.3, -0.25) is 4.79 Å². The number of fused-ring (bicyclic) bond motifs is 1. The third-order valence-corrected chi connectivity index (χ3v) is 4.69. The molecule has 1 heterocycles. The van der Waals surface area contributed by atoms with E-state index in [0.29, 0.717) is 11.3 Å². The van der Waals surface area contributed by atoms with Gasteiger partial charge in [0.1, 0.15) is 11.5 Å². The van der Waals surface area contributed by atoms with Gasteiger partial charge in [-0.1, -0.05) is 30.3 Å². The van der Waals surface area contributed by atoms with Crippen molar-refractivity contribution in [3.63, 3.8) is 0 Å². The van der Waals surface area contributed by atoms with Gasteiger partial charge in [-0.05, 0) is 42.0 Å². The number of aromatic nitrogens is 1. The van der Waals surface area contributed by atoms with Crippen molar-refractivity contribution >= 4 is 22.5 Å². The molecule has 0 saturated carbocycles. The van der Waals surface area contributed by atoms with E-state index >= 15 is 0 Å². The summed E-state index contributed by atoms with van der Waals surface area (Å²) in [7, 11) is 3.27. The van der Waals surface area contributed by atoms with Crippen LogP contribution in [0.25, 0.3) is 22.0 Å². The fourth-order valence-corrected chi connectivity index (χ4v) is 3.24. The summed E-state index contributed by atoms with van der Waals surface area (Å²) in [6.07, 6.45) is 1.73. The van der Waals surface area contributed by atoms with Gasteiger partial charge in [0.25, 0.3) is 5.91 Å². The van der Waals surface area contributed by atoms with E-state index in [9.17, 15) is 4.79 Å². The van der Waals surface area contributed by atoms with Crippen LogP contribution in [0.5, 0.6) is 11.5 Å². The second kappa shape index (κ2) is 7.48. The molecule has 0 unspecified atom stereocenters. The van der Waals surface area contributed by atoms with Crippen molar-refractivity contribution in [2.24, 2.45) is 0 Å². The first-order valence-corrected chi connectivity index (χ1v) is 8.89. The second-order valence-electron chi connectivity index (χ2n) is 6.35. The maximum Gasteiger partial charge on any atom is 0.257 e. The largest absolute Gasteiger partial charge is 0.497 e. The normalized spacial score (nSPS) is 10.6. The fourth-order valence-electron chi connectivity index (χ4n) is 3.24. The van der Waals surface area contributed by atoms with Gasteiger partial charge < -0.3 is 19.8 Å². The average molecular weight is 372 g/mol. The predicted molar refractivity (Wildman–Crippen MR) is 111 cm³/mol. The zero-order valence-corrected chi connectivity index (χ0v) is 15.7. The lowest BCUT2D eigenvalue weighted by Gasteiger charge is -2.12.